The summed E-state index contributed by atoms with van der Waals surface area (Å²) >= 11 is 0. The van der Waals surface area contributed by atoms with Gasteiger partial charge in [0.1, 0.15) is 5.75 Å². The van der Waals surface area contributed by atoms with Crippen molar-refractivity contribution in [1.29, 1.82) is 0 Å². The highest BCUT2D eigenvalue weighted by Crippen LogP contribution is 2.37. The lowest BCUT2D eigenvalue weighted by Gasteiger charge is -2.36. The Kier molecular flexibility index (Phi) is 3.70. The zero-order valence-corrected chi connectivity index (χ0v) is 15.1. The SMILES string of the molecule is CC1(C)N=C(c2ccc(O[Si](C)(C)C)cc2)N(O)C1(C)C. The number of aliphatic imine (C=N–C) groups is 1. The minimum atomic E-state index is -1.60. The largest absolute Gasteiger partial charge is 0.544 e. The van der Waals surface area contributed by atoms with Gasteiger partial charge in [0.2, 0.25) is 8.32 Å². The van der Waals surface area contributed by atoms with Gasteiger partial charge in [-0.15, -0.1) is 0 Å². The maximum atomic E-state index is 10.4. The van der Waals surface area contributed by atoms with Crippen LogP contribution in [0.2, 0.25) is 19.6 Å². The highest BCUT2D eigenvalue weighted by Gasteiger charge is 2.49. The summed E-state index contributed by atoms with van der Waals surface area (Å²) in [5.41, 5.74) is 0.125. The van der Waals surface area contributed by atoms with Crippen LogP contribution in [0.5, 0.6) is 5.75 Å². The molecular weight excluding hydrogens is 280 g/mol. The summed E-state index contributed by atoms with van der Waals surface area (Å²) in [6.07, 6.45) is 0. The van der Waals surface area contributed by atoms with E-state index in [1.807, 2.05) is 52.0 Å². The Hall–Kier alpha value is -1.33. The van der Waals surface area contributed by atoms with E-state index in [4.69, 9.17) is 4.43 Å². The van der Waals surface area contributed by atoms with Crippen molar-refractivity contribution in [3.05, 3.63) is 29.8 Å². The highest BCUT2D eigenvalue weighted by atomic mass is 28.4. The summed E-state index contributed by atoms with van der Waals surface area (Å²) < 4.78 is 5.95. The molecule has 1 aliphatic heterocycles. The van der Waals surface area contributed by atoms with E-state index >= 15 is 0 Å². The highest BCUT2D eigenvalue weighted by molar-refractivity contribution is 6.70. The Morgan fingerprint density at radius 2 is 1.57 bits per heavy atom. The number of amidine groups is 1. The predicted octanol–water partition coefficient (Wildman–Crippen LogP) is 3.91. The smallest absolute Gasteiger partial charge is 0.242 e. The predicted molar refractivity (Wildman–Crippen MR) is 88.7 cm³/mol. The Morgan fingerprint density at radius 1 is 1.05 bits per heavy atom. The van der Waals surface area contributed by atoms with Crippen molar-refractivity contribution in [1.82, 2.24) is 5.06 Å². The summed E-state index contributed by atoms with van der Waals surface area (Å²) in [7, 11) is -1.60. The number of hydrogen-bond acceptors (Lipinski definition) is 4. The maximum Gasteiger partial charge on any atom is 0.242 e. The summed E-state index contributed by atoms with van der Waals surface area (Å²) in [4.78, 5) is 4.69. The molecule has 0 saturated heterocycles. The molecule has 0 spiro atoms. The van der Waals surface area contributed by atoms with Crippen LogP contribution in [-0.2, 0) is 0 Å². The molecule has 0 aromatic heterocycles. The van der Waals surface area contributed by atoms with Gasteiger partial charge in [-0.2, -0.15) is 0 Å². The molecule has 0 saturated carbocycles. The van der Waals surface area contributed by atoms with E-state index in [2.05, 4.69) is 24.6 Å². The second-order valence-corrected chi connectivity index (χ2v) is 12.0. The third-order valence-corrected chi connectivity index (χ3v) is 5.00. The number of hydrogen-bond donors (Lipinski definition) is 1. The lowest BCUT2D eigenvalue weighted by atomic mass is 9.84. The summed E-state index contributed by atoms with van der Waals surface area (Å²) in [5, 5.41) is 11.7. The van der Waals surface area contributed by atoms with Crippen LogP contribution in [0, 0.1) is 0 Å². The summed E-state index contributed by atoms with van der Waals surface area (Å²) in [6, 6.07) is 7.80. The maximum absolute atomic E-state index is 10.4. The molecule has 0 amide bonds. The van der Waals surface area contributed by atoms with E-state index < -0.39 is 13.9 Å². The van der Waals surface area contributed by atoms with Gasteiger partial charge in [-0.3, -0.25) is 10.2 Å². The first kappa shape index (κ1) is 16.0. The second kappa shape index (κ2) is 4.85. The Balaban J connectivity index is 2.28. The van der Waals surface area contributed by atoms with Crippen LogP contribution in [0.25, 0.3) is 0 Å². The van der Waals surface area contributed by atoms with Crippen LogP contribution in [-0.4, -0.2) is 35.5 Å². The van der Waals surface area contributed by atoms with Crippen LogP contribution in [0.4, 0.5) is 0 Å². The Bertz CT molecular complexity index is 557. The molecule has 1 heterocycles. The van der Waals surface area contributed by atoms with Crippen molar-refractivity contribution in [2.45, 2.75) is 58.4 Å². The van der Waals surface area contributed by atoms with E-state index in [9.17, 15) is 5.21 Å². The number of hydroxylamine groups is 2. The Morgan fingerprint density at radius 3 is 1.95 bits per heavy atom. The minimum absolute atomic E-state index is 0.343. The fourth-order valence-corrected chi connectivity index (χ4v) is 3.03. The third-order valence-electron chi connectivity index (χ3n) is 4.15. The fourth-order valence-electron chi connectivity index (χ4n) is 2.19. The fraction of sp³-hybridized carbons (Fsp3) is 0.562. The molecule has 2 rings (SSSR count). The van der Waals surface area contributed by atoms with E-state index in [0.29, 0.717) is 5.84 Å². The monoisotopic (exact) mass is 306 g/mol. The molecule has 1 aliphatic rings. The number of nitrogens with zero attached hydrogens (tertiary/aromatic N) is 2. The average Bonchev–Trinajstić information content (AvgIpc) is 2.48. The van der Waals surface area contributed by atoms with Crippen LogP contribution in [0.3, 0.4) is 0 Å². The van der Waals surface area contributed by atoms with Crippen molar-refractivity contribution in [3.8, 4) is 5.75 Å². The third kappa shape index (κ3) is 2.99. The zero-order valence-electron chi connectivity index (χ0n) is 14.1. The number of rotatable bonds is 3. The molecule has 0 aliphatic carbocycles. The summed E-state index contributed by atoms with van der Waals surface area (Å²) in [5.74, 6) is 1.49. The van der Waals surface area contributed by atoms with Crippen molar-refractivity contribution < 1.29 is 9.63 Å². The molecule has 0 fully saturated rings. The van der Waals surface area contributed by atoms with Gasteiger partial charge in [-0.25, -0.2) is 5.06 Å². The second-order valence-electron chi connectivity index (χ2n) is 7.60. The van der Waals surface area contributed by atoms with Gasteiger partial charge >= 0.3 is 0 Å². The molecule has 1 aromatic rings. The topological polar surface area (TPSA) is 45.1 Å². The lowest BCUT2D eigenvalue weighted by Crippen LogP contribution is -2.51. The average molecular weight is 306 g/mol. The van der Waals surface area contributed by atoms with Crippen molar-refractivity contribution in [2.24, 2.45) is 4.99 Å². The van der Waals surface area contributed by atoms with Crippen molar-refractivity contribution in [3.63, 3.8) is 0 Å². The quantitative estimate of drug-likeness (QED) is 0.861. The number of benzene rings is 1. The minimum Gasteiger partial charge on any atom is -0.544 e. The van der Waals surface area contributed by atoms with Gasteiger partial charge in [-0.1, -0.05) is 0 Å². The van der Waals surface area contributed by atoms with Gasteiger partial charge in [0.05, 0.1) is 11.1 Å². The van der Waals surface area contributed by atoms with Crippen LogP contribution >= 0.6 is 0 Å². The van der Waals surface area contributed by atoms with Crippen LogP contribution < -0.4 is 4.43 Å². The summed E-state index contributed by atoms with van der Waals surface area (Å²) in [6.45, 7) is 14.5. The van der Waals surface area contributed by atoms with E-state index in [1.54, 1.807) is 0 Å². The molecule has 0 unspecified atom stereocenters. The van der Waals surface area contributed by atoms with Crippen molar-refractivity contribution >= 4 is 14.2 Å². The Labute approximate surface area is 128 Å². The molecule has 4 nitrogen and oxygen atoms in total. The van der Waals surface area contributed by atoms with Gasteiger partial charge in [-0.05, 0) is 71.6 Å². The zero-order chi connectivity index (χ0) is 16.1. The molecule has 1 aromatic carbocycles. The molecular formula is C16H26N2O2Si. The molecule has 0 bridgehead atoms. The molecule has 0 radical (unpaired) electrons. The van der Waals surface area contributed by atoms with Crippen molar-refractivity contribution in [2.75, 3.05) is 0 Å². The van der Waals surface area contributed by atoms with E-state index in [1.165, 1.54) is 5.06 Å². The molecule has 0 atom stereocenters. The van der Waals surface area contributed by atoms with Crippen LogP contribution in [0.15, 0.2) is 29.3 Å². The molecule has 1 N–H and O–H groups in total. The normalized spacial score (nSPS) is 20.4. The van der Waals surface area contributed by atoms with E-state index in [-0.39, 0.29) is 5.54 Å². The van der Waals surface area contributed by atoms with Crippen LogP contribution in [0.1, 0.15) is 33.3 Å². The molecule has 21 heavy (non-hydrogen) atoms. The van der Waals surface area contributed by atoms with Gasteiger partial charge in [0.25, 0.3) is 0 Å². The lowest BCUT2D eigenvalue weighted by molar-refractivity contribution is -0.0992. The molecule has 5 heteroatoms. The molecule has 116 valence electrons. The van der Waals surface area contributed by atoms with Gasteiger partial charge in [0, 0.05) is 5.56 Å². The standard InChI is InChI=1S/C16H26N2O2Si/c1-15(2)16(3,4)18(19)14(17-15)12-8-10-13(11-9-12)20-21(5,6)7/h8-11,19H,1-7H3. The van der Waals surface area contributed by atoms with Gasteiger partial charge < -0.3 is 4.43 Å². The first-order chi connectivity index (χ1) is 9.44. The first-order valence-electron chi connectivity index (χ1n) is 7.32. The van der Waals surface area contributed by atoms with E-state index in [0.717, 1.165) is 11.3 Å². The van der Waals surface area contributed by atoms with Gasteiger partial charge in [0.15, 0.2) is 5.84 Å². The first-order valence-corrected chi connectivity index (χ1v) is 10.7.